The summed E-state index contributed by atoms with van der Waals surface area (Å²) in [4.78, 5) is 12.3. The summed E-state index contributed by atoms with van der Waals surface area (Å²) in [5.74, 6) is 0.555. The first-order chi connectivity index (χ1) is 15.7. The Bertz CT molecular complexity index is 1180. The van der Waals surface area contributed by atoms with Gasteiger partial charge in [0.2, 0.25) is 0 Å². The first kappa shape index (κ1) is 21.1. The zero-order chi connectivity index (χ0) is 22.2. The van der Waals surface area contributed by atoms with Gasteiger partial charge in [-0.05, 0) is 55.0 Å². The van der Waals surface area contributed by atoms with Crippen LogP contribution < -0.4 is 10.2 Å². The maximum absolute atomic E-state index is 12.3. The van der Waals surface area contributed by atoms with Gasteiger partial charge in [0.15, 0.2) is 0 Å². The van der Waals surface area contributed by atoms with Gasteiger partial charge < -0.3 is 4.74 Å². The van der Waals surface area contributed by atoms with Crippen molar-refractivity contribution in [2.75, 3.05) is 6.61 Å². The molecule has 0 aliphatic rings. The number of nitrogens with one attached hydrogen (secondary N) is 1. The highest BCUT2D eigenvalue weighted by Gasteiger charge is 2.12. The summed E-state index contributed by atoms with van der Waals surface area (Å²) in [6.45, 7) is 2.76. The topological polar surface area (TPSA) is 68.5 Å². The quantitative estimate of drug-likeness (QED) is 0.316. The number of aromatic nitrogens is 2. The fraction of sp³-hybridized carbons (Fsp3) is 0.115. The number of carbonyl (C=O) groups excluding carboxylic acids is 1. The van der Waals surface area contributed by atoms with Crippen LogP contribution in [0.15, 0.2) is 96.2 Å². The molecule has 32 heavy (non-hydrogen) atoms. The smallest absolute Gasteiger partial charge is 0.271 e. The molecule has 0 atom stereocenters. The van der Waals surface area contributed by atoms with Crippen LogP contribution in [-0.4, -0.2) is 28.5 Å². The predicted octanol–water partition coefficient (Wildman–Crippen LogP) is 5.09. The molecule has 0 saturated carbocycles. The van der Waals surface area contributed by atoms with Gasteiger partial charge in [0.05, 0.1) is 18.5 Å². The van der Waals surface area contributed by atoms with Crippen LogP contribution in [0.1, 0.15) is 29.3 Å². The van der Waals surface area contributed by atoms with Crippen molar-refractivity contribution in [3.8, 4) is 22.7 Å². The zero-order valence-electron chi connectivity index (χ0n) is 17.8. The van der Waals surface area contributed by atoms with E-state index in [2.05, 4.69) is 17.5 Å². The fourth-order valence-electron chi connectivity index (χ4n) is 3.16. The van der Waals surface area contributed by atoms with E-state index >= 15 is 0 Å². The molecule has 1 amide bonds. The lowest BCUT2D eigenvalue weighted by Gasteiger charge is -2.05. The number of amides is 1. The van der Waals surface area contributed by atoms with E-state index in [0.29, 0.717) is 12.2 Å². The number of carbonyl (C=O) groups is 1. The Kier molecular flexibility index (Phi) is 6.72. The highest BCUT2D eigenvalue weighted by molar-refractivity contribution is 5.95. The molecule has 0 aliphatic carbocycles. The molecule has 3 aromatic carbocycles. The minimum Gasteiger partial charge on any atom is -0.494 e. The van der Waals surface area contributed by atoms with Crippen molar-refractivity contribution in [3.05, 3.63) is 102 Å². The Labute approximate surface area is 187 Å². The van der Waals surface area contributed by atoms with E-state index in [1.807, 2.05) is 79.0 Å². The number of ether oxygens (including phenoxy) is 1. The Morgan fingerprint density at radius 3 is 2.38 bits per heavy atom. The second kappa shape index (κ2) is 10.2. The Balaban J connectivity index is 1.61. The van der Waals surface area contributed by atoms with E-state index in [0.717, 1.165) is 34.7 Å². The average molecular weight is 425 g/mol. The van der Waals surface area contributed by atoms with Gasteiger partial charge in [0.25, 0.3) is 5.91 Å². The van der Waals surface area contributed by atoms with E-state index in [1.54, 1.807) is 23.0 Å². The van der Waals surface area contributed by atoms with Gasteiger partial charge in [0, 0.05) is 22.9 Å². The maximum Gasteiger partial charge on any atom is 0.271 e. The summed E-state index contributed by atoms with van der Waals surface area (Å²) < 4.78 is 7.49. The van der Waals surface area contributed by atoms with Gasteiger partial charge in [-0.2, -0.15) is 10.2 Å². The monoisotopic (exact) mass is 424 g/mol. The molecule has 4 rings (SSSR count). The molecule has 1 heterocycles. The van der Waals surface area contributed by atoms with Crippen LogP contribution in [0, 0.1) is 0 Å². The lowest BCUT2D eigenvalue weighted by Crippen LogP contribution is -2.17. The van der Waals surface area contributed by atoms with Crippen molar-refractivity contribution in [2.24, 2.45) is 5.10 Å². The second-order valence-electron chi connectivity index (χ2n) is 7.15. The highest BCUT2D eigenvalue weighted by Crippen LogP contribution is 2.25. The molecule has 0 spiro atoms. The maximum atomic E-state index is 12.3. The largest absolute Gasteiger partial charge is 0.494 e. The van der Waals surface area contributed by atoms with Gasteiger partial charge >= 0.3 is 0 Å². The second-order valence-corrected chi connectivity index (χ2v) is 7.15. The third-order valence-electron chi connectivity index (χ3n) is 4.77. The standard InChI is InChI=1S/C26H24N4O2/c1-2-17-32-24-15-13-20(14-16-24)25-22(19-30(29-25)23-11-7-4-8-12-23)18-27-28-26(31)21-9-5-3-6-10-21/h3-16,18-19H,2,17H2,1H3,(H,28,31)/b27-18+. The van der Waals surface area contributed by atoms with Gasteiger partial charge in [-0.1, -0.05) is 43.3 Å². The number of rotatable bonds is 8. The number of nitrogens with zero attached hydrogens (tertiary/aromatic N) is 3. The summed E-state index contributed by atoms with van der Waals surface area (Å²) in [5.41, 5.74) is 6.53. The molecule has 0 unspecified atom stereocenters. The molecule has 4 aromatic rings. The van der Waals surface area contributed by atoms with Crippen LogP contribution >= 0.6 is 0 Å². The number of hydrogen-bond donors (Lipinski definition) is 1. The first-order valence-electron chi connectivity index (χ1n) is 10.5. The molecule has 0 bridgehead atoms. The van der Waals surface area contributed by atoms with Crippen molar-refractivity contribution >= 4 is 12.1 Å². The minimum absolute atomic E-state index is 0.267. The van der Waals surface area contributed by atoms with Gasteiger partial charge in [0.1, 0.15) is 11.4 Å². The number of benzene rings is 3. The molecule has 160 valence electrons. The molecule has 1 aromatic heterocycles. The van der Waals surface area contributed by atoms with E-state index < -0.39 is 0 Å². The van der Waals surface area contributed by atoms with E-state index in [9.17, 15) is 4.79 Å². The molecule has 0 fully saturated rings. The summed E-state index contributed by atoms with van der Waals surface area (Å²) in [7, 11) is 0. The minimum atomic E-state index is -0.267. The molecule has 0 radical (unpaired) electrons. The van der Waals surface area contributed by atoms with Crippen LogP contribution in [0.2, 0.25) is 0 Å². The molecular weight excluding hydrogens is 400 g/mol. The third kappa shape index (κ3) is 5.10. The van der Waals surface area contributed by atoms with Crippen LogP contribution in [0.3, 0.4) is 0 Å². The summed E-state index contributed by atoms with van der Waals surface area (Å²) in [5, 5.41) is 8.94. The Morgan fingerprint density at radius 2 is 1.69 bits per heavy atom. The first-order valence-corrected chi connectivity index (χ1v) is 10.5. The van der Waals surface area contributed by atoms with Crippen molar-refractivity contribution < 1.29 is 9.53 Å². The lowest BCUT2D eigenvalue weighted by atomic mass is 10.1. The number of hydrogen-bond acceptors (Lipinski definition) is 4. The van der Waals surface area contributed by atoms with E-state index in [1.165, 1.54) is 0 Å². The Hall–Kier alpha value is -4.19. The van der Waals surface area contributed by atoms with E-state index in [4.69, 9.17) is 9.84 Å². The molecule has 0 saturated heterocycles. The van der Waals surface area contributed by atoms with Crippen LogP contribution in [0.5, 0.6) is 5.75 Å². The number of para-hydroxylation sites is 1. The SMILES string of the molecule is CCCOc1ccc(-c2nn(-c3ccccc3)cc2/C=N/NC(=O)c2ccccc2)cc1. The van der Waals surface area contributed by atoms with Crippen LogP contribution in [0.4, 0.5) is 0 Å². The molecule has 1 N–H and O–H groups in total. The van der Waals surface area contributed by atoms with E-state index in [-0.39, 0.29) is 5.91 Å². The van der Waals surface area contributed by atoms with Gasteiger partial charge in [-0.3, -0.25) is 4.79 Å². The van der Waals surface area contributed by atoms with Crippen molar-refractivity contribution in [1.82, 2.24) is 15.2 Å². The van der Waals surface area contributed by atoms with Crippen molar-refractivity contribution in [3.63, 3.8) is 0 Å². The highest BCUT2D eigenvalue weighted by atomic mass is 16.5. The van der Waals surface area contributed by atoms with Crippen LogP contribution in [-0.2, 0) is 0 Å². The summed E-state index contributed by atoms with van der Waals surface area (Å²) in [6, 6.07) is 26.6. The number of hydrazone groups is 1. The fourth-order valence-corrected chi connectivity index (χ4v) is 3.16. The Morgan fingerprint density at radius 1 is 1.00 bits per heavy atom. The van der Waals surface area contributed by atoms with Crippen LogP contribution in [0.25, 0.3) is 16.9 Å². The van der Waals surface area contributed by atoms with Gasteiger partial charge in [-0.15, -0.1) is 0 Å². The lowest BCUT2D eigenvalue weighted by molar-refractivity contribution is 0.0955. The average Bonchev–Trinajstić information content (AvgIpc) is 3.28. The summed E-state index contributed by atoms with van der Waals surface area (Å²) in [6.07, 6.45) is 4.47. The molecule has 6 nitrogen and oxygen atoms in total. The third-order valence-corrected chi connectivity index (χ3v) is 4.77. The molecule has 0 aliphatic heterocycles. The normalized spacial score (nSPS) is 10.9. The predicted molar refractivity (Wildman–Crippen MR) is 126 cm³/mol. The van der Waals surface area contributed by atoms with Crippen molar-refractivity contribution in [2.45, 2.75) is 13.3 Å². The molecular formula is C26H24N4O2. The molecule has 6 heteroatoms. The van der Waals surface area contributed by atoms with Crippen molar-refractivity contribution in [1.29, 1.82) is 0 Å². The van der Waals surface area contributed by atoms with Gasteiger partial charge in [-0.25, -0.2) is 10.1 Å². The zero-order valence-corrected chi connectivity index (χ0v) is 17.8. The summed E-state index contributed by atoms with van der Waals surface area (Å²) >= 11 is 0.